The molecule has 1 saturated carbocycles. The number of amides is 2. The minimum absolute atomic E-state index is 0. The van der Waals surface area contributed by atoms with Gasteiger partial charge in [0.05, 0.1) is 12.0 Å². The first-order valence-electron chi connectivity index (χ1n) is 8.11. The highest BCUT2D eigenvalue weighted by atomic mass is 35.5. The molecule has 2 amide bonds. The number of nitrogens with zero attached hydrogens (tertiary/aromatic N) is 1. The molecule has 0 aromatic carbocycles. The van der Waals surface area contributed by atoms with E-state index in [1.54, 1.807) is 0 Å². The molecule has 3 fully saturated rings. The molecule has 3 N–H and O–H groups in total. The Morgan fingerprint density at radius 1 is 1.32 bits per heavy atom. The maximum Gasteiger partial charge on any atom is 0.225 e. The molecule has 6 nitrogen and oxygen atoms in total. The van der Waals surface area contributed by atoms with Crippen LogP contribution in [0.25, 0.3) is 0 Å². The first-order chi connectivity index (χ1) is 10.1. The number of carbonyl (C=O) groups excluding carboxylic acids is 2. The Balaban J connectivity index is 0.00000176. The number of carbonyl (C=O) groups is 2. The largest absolute Gasteiger partial charge is 0.391 e. The van der Waals surface area contributed by atoms with Gasteiger partial charge in [0.25, 0.3) is 0 Å². The number of aliphatic hydroxyl groups is 1. The van der Waals surface area contributed by atoms with E-state index in [0.29, 0.717) is 32.1 Å². The Hall–Kier alpha value is -0.850. The SMILES string of the molecule is Cl.O=C(NCC1CNCC1O)C1CC(=O)N(C2CCCC2)C1. The molecular formula is C15H26ClN3O3. The third-order valence-electron chi connectivity index (χ3n) is 5.14. The molecule has 7 heteroatoms. The lowest BCUT2D eigenvalue weighted by Gasteiger charge is -2.24. The Labute approximate surface area is 137 Å². The van der Waals surface area contributed by atoms with Gasteiger partial charge in [0.1, 0.15) is 0 Å². The van der Waals surface area contributed by atoms with Crippen LogP contribution in [0.5, 0.6) is 0 Å². The summed E-state index contributed by atoms with van der Waals surface area (Å²) in [4.78, 5) is 26.2. The molecule has 0 aromatic rings. The van der Waals surface area contributed by atoms with E-state index < -0.39 is 0 Å². The smallest absolute Gasteiger partial charge is 0.225 e. The van der Waals surface area contributed by atoms with Crippen LogP contribution in [-0.2, 0) is 9.59 Å². The molecule has 2 heterocycles. The van der Waals surface area contributed by atoms with Crippen molar-refractivity contribution in [3.8, 4) is 0 Å². The summed E-state index contributed by atoms with van der Waals surface area (Å²) < 4.78 is 0. The fraction of sp³-hybridized carbons (Fsp3) is 0.867. The van der Waals surface area contributed by atoms with Gasteiger partial charge < -0.3 is 20.6 Å². The van der Waals surface area contributed by atoms with E-state index in [0.717, 1.165) is 19.4 Å². The van der Waals surface area contributed by atoms with E-state index in [-0.39, 0.29) is 42.2 Å². The molecule has 2 aliphatic heterocycles. The molecule has 0 bridgehead atoms. The summed E-state index contributed by atoms with van der Waals surface area (Å²) in [5.74, 6) is -0.0471. The highest BCUT2D eigenvalue weighted by Crippen LogP contribution is 2.29. The summed E-state index contributed by atoms with van der Waals surface area (Å²) in [5, 5.41) is 15.7. The van der Waals surface area contributed by atoms with Crippen molar-refractivity contribution in [3.05, 3.63) is 0 Å². The number of hydrogen-bond acceptors (Lipinski definition) is 4. The molecule has 126 valence electrons. The standard InChI is InChI=1S/C15H25N3O3.ClH/c19-13-8-16-6-11(13)7-17-15(21)10-5-14(20)18(9-10)12-3-1-2-4-12;/h10-13,16,19H,1-9H2,(H,17,21);1H. The van der Waals surface area contributed by atoms with Gasteiger partial charge in [0, 0.05) is 44.6 Å². The lowest BCUT2D eigenvalue weighted by molar-refractivity contribution is -0.130. The van der Waals surface area contributed by atoms with E-state index in [4.69, 9.17) is 0 Å². The second kappa shape index (κ2) is 7.62. The summed E-state index contributed by atoms with van der Waals surface area (Å²) >= 11 is 0. The quantitative estimate of drug-likeness (QED) is 0.672. The predicted octanol–water partition coefficient (Wildman–Crippen LogP) is -0.104. The third kappa shape index (κ3) is 3.73. The van der Waals surface area contributed by atoms with Gasteiger partial charge in [0.15, 0.2) is 0 Å². The zero-order valence-electron chi connectivity index (χ0n) is 12.8. The number of halogens is 1. The van der Waals surface area contributed by atoms with Gasteiger partial charge in [-0.3, -0.25) is 9.59 Å². The van der Waals surface area contributed by atoms with E-state index in [9.17, 15) is 14.7 Å². The van der Waals surface area contributed by atoms with Gasteiger partial charge in [-0.2, -0.15) is 0 Å². The monoisotopic (exact) mass is 331 g/mol. The number of nitrogens with one attached hydrogen (secondary N) is 2. The van der Waals surface area contributed by atoms with Crippen molar-refractivity contribution in [2.45, 2.75) is 44.2 Å². The molecule has 1 aliphatic carbocycles. The van der Waals surface area contributed by atoms with Crippen molar-refractivity contribution in [3.63, 3.8) is 0 Å². The van der Waals surface area contributed by atoms with Crippen LogP contribution < -0.4 is 10.6 Å². The van der Waals surface area contributed by atoms with Crippen LogP contribution in [0.4, 0.5) is 0 Å². The topological polar surface area (TPSA) is 81.7 Å². The van der Waals surface area contributed by atoms with Crippen LogP contribution in [0.15, 0.2) is 0 Å². The minimum Gasteiger partial charge on any atom is -0.391 e. The Morgan fingerprint density at radius 2 is 2.05 bits per heavy atom. The maximum atomic E-state index is 12.2. The Morgan fingerprint density at radius 3 is 2.68 bits per heavy atom. The van der Waals surface area contributed by atoms with Gasteiger partial charge in [-0.1, -0.05) is 12.8 Å². The van der Waals surface area contributed by atoms with Crippen molar-refractivity contribution in [1.82, 2.24) is 15.5 Å². The van der Waals surface area contributed by atoms with Crippen molar-refractivity contribution in [1.29, 1.82) is 0 Å². The van der Waals surface area contributed by atoms with Crippen molar-refractivity contribution in [2.75, 3.05) is 26.2 Å². The number of hydrogen-bond donors (Lipinski definition) is 3. The fourth-order valence-electron chi connectivity index (χ4n) is 3.78. The molecular weight excluding hydrogens is 306 g/mol. The summed E-state index contributed by atoms with van der Waals surface area (Å²) in [7, 11) is 0. The summed E-state index contributed by atoms with van der Waals surface area (Å²) in [6, 6.07) is 0.358. The molecule has 3 unspecified atom stereocenters. The third-order valence-corrected chi connectivity index (χ3v) is 5.14. The van der Waals surface area contributed by atoms with Crippen molar-refractivity contribution >= 4 is 24.2 Å². The lowest BCUT2D eigenvalue weighted by atomic mass is 10.0. The first-order valence-corrected chi connectivity index (χ1v) is 8.11. The summed E-state index contributed by atoms with van der Waals surface area (Å²) in [6.45, 7) is 2.39. The molecule has 3 atom stereocenters. The minimum atomic E-state index is -0.384. The Bertz CT molecular complexity index is 415. The van der Waals surface area contributed by atoms with E-state index >= 15 is 0 Å². The van der Waals surface area contributed by atoms with Crippen LogP contribution in [0, 0.1) is 11.8 Å². The number of likely N-dealkylation sites (tertiary alicyclic amines) is 1. The van der Waals surface area contributed by atoms with Gasteiger partial charge in [0.2, 0.25) is 11.8 Å². The number of rotatable bonds is 4. The highest BCUT2D eigenvalue weighted by molar-refractivity contribution is 5.89. The molecule has 0 spiro atoms. The maximum absolute atomic E-state index is 12.2. The van der Waals surface area contributed by atoms with Crippen molar-refractivity contribution < 1.29 is 14.7 Å². The normalized spacial score (nSPS) is 32.3. The molecule has 0 aromatic heterocycles. The average molecular weight is 332 g/mol. The molecule has 2 saturated heterocycles. The summed E-state index contributed by atoms with van der Waals surface area (Å²) in [6.07, 6.45) is 4.51. The molecule has 3 rings (SSSR count). The highest BCUT2D eigenvalue weighted by Gasteiger charge is 2.38. The van der Waals surface area contributed by atoms with Crippen molar-refractivity contribution in [2.24, 2.45) is 11.8 Å². The number of aliphatic hydroxyl groups excluding tert-OH is 1. The van der Waals surface area contributed by atoms with E-state index in [2.05, 4.69) is 10.6 Å². The second-order valence-corrected chi connectivity index (χ2v) is 6.62. The van der Waals surface area contributed by atoms with Gasteiger partial charge in [-0.15, -0.1) is 12.4 Å². The first kappa shape index (κ1) is 17.5. The van der Waals surface area contributed by atoms with Crippen LogP contribution in [-0.4, -0.2) is 60.1 Å². The average Bonchev–Trinajstić information content (AvgIpc) is 3.17. The van der Waals surface area contributed by atoms with Gasteiger partial charge in [-0.05, 0) is 12.8 Å². The second-order valence-electron chi connectivity index (χ2n) is 6.62. The van der Waals surface area contributed by atoms with Crippen LogP contribution in [0.3, 0.4) is 0 Å². The molecule has 3 aliphatic rings. The van der Waals surface area contributed by atoms with E-state index in [1.165, 1.54) is 12.8 Å². The zero-order valence-corrected chi connectivity index (χ0v) is 13.6. The fourth-order valence-corrected chi connectivity index (χ4v) is 3.78. The van der Waals surface area contributed by atoms with Gasteiger partial charge in [-0.25, -0.2) is 0 Å². The lowest BCUT2D eigenvalue weighted by Crippen LogP contribution is -2.39. The molecule has 0 radical (unpaired) electrons. The van der Waals surface area contributed by atoms with E-state index in [1.807, 2.05) is 4.90 Å². The molecule has 22 heavy (non-hydrogen) atoms. The Kier molecular flexibility index (Phi) is 6.06. The summed E-state index contributed by atoms with van der Waals surface area (Å²) in [5.41, 5.74) is 0. The number of β-amino-alcohol motifs (C(OH)–C–C–N with tert-alkyl or cyclic N) is 1. The van der Waals surface area contributed by atoms with Crippen LogP contribution >= 0.6 is 12.4 Å². The predicted molar refractivity (Wildman–Crippen MR) is 84.7 cm³/mol. The zero-order chi connectivity index (χ0) is 14.8. The van der Waals surface area contributed by atoms with Gasteiger partial charge >= 0.3 is 0 Å². The van der Waals surface area contributed by atoms with Crippen LogP contribution in [0.1, 0.15) is 32.1 Å². The van der Waals surface area contributed by atoms with Crippen LogP contribution in [0.2, 0.25) is 0 Å².